The van der Waals surface area contributed by atoms with Gasteiger partial charge >= 0.3 is 6.03 Å². The first kappa shape index (κ1) is 22.9. The second kappa shape index (κ2) is 9.06. The molecular weight excluding hydrogens is 464 g/mol. The Morgan fingerprint density at radius 1 is 0.944 bits per heavy atom. The van der Waals surface area contributed by atoms with Gasteiger partial charge in [0.2, 0.25) is 12.7 Å². The molecule has 0 spiro atoms. The van der Waals surface area contributed by atoms with E-state index in [0.717, 1.165) is 4.90 Å². The molecule has 1 atom stereocenters. The van der Waals surface area contributed by atoms with Crippen LogP contribution in [0.4, 0.5) is 16.2 Å². The molecule has 0 aromatic heterocycles. The van der Waals surface area contributed by atoms with E-state index in [2.05, 4.69) is 16.0 Å². The monoisotopic (exact) mass is 486 g/mol. The first-order valence-electron chi connectivity index (χ1n) is 11.1. The molecule has 36 heavy (non-hydrogen) atoms. The molecule has 3 N–H and O–H groups in total. The summed E-state index contributed by atoms with van der Waals surface area (Å²) < 4.78 is 10.7. The quantitative estimate of drug-likeness (QED) is 0.460. The molecule has 1 fully saturated rings. The Labute approximate surface area is 206 Å². The van der Waals surface area contributed by atoms with Crippen LogP contribution in [0.3, 0.4) is 0 Å². The number of nitrogens with zero attached hydrogens (tertiary/aromatic N) is 1. The fourth-order valence-electron chi connectivity index (χ4n) is 4.09. The van der Waals surface area contributed by atoms with E-state index in [1.54, 1.807) is 73.7 Å². The molecule has 2 aliphatic heterocycles. The number of para-hydroxylation sites is 2. The number of hydrogen-bond donors (Lipinski definition) is 3. The van der Waals surface area contributed by atoms with Crippen LogP contribution in [0.1, 0.15) is 22.8 Å². The normalized spacial score (nSPS) is 18.1. The third-order valence-electron chi connectivity index (χ3n) is 6.00. The van der Waals surface area contributed by atoms with Gasteiger partial charge in [0.1, 0.15) is 12.1 Å². The maximum absolute atomic E-state index is 13.2. The first-order chi connectivity index (χ1) is 17.3. The van der Waals surface area contributed by atoms with Gasteiger partial charge in [-0.3, -0.25) is 19.3 Å². The lowest BCUT2D eigenvalue weighted by atomic mass is 9.91. The van der Waals surface area contributed by atoms with E-state index < -0.39 is 35.8 Å². The summed E-state index contributed by atoms with van der Waals surface area (Å²) in [6.07, 6.45) is 0. The minimum Gasteiger partial charge on any atom is -0.454 e. The van der Waals surface area contributed by atoms with Gasteiger partial charge in [-0.2, -0.15) is 0 Å². The lowest BCUT2D eigenvalue weighted by Gasteiger charge is -2.22. The van der Waals surface area contributed by atoms with Crippen LogP contribution in [-0.4, -0.2) is 42.0 Å². The summed E-state index contributed by atoms with van der Waals surface area (Å²) in [5.41, 5.74) is 0.201. The average Bonchev–Trinajstić information content (AvgIpc) is 3.43. The lowest BCUT2D eigenvalue weighted by Crippen LogP contribution is -2.42. The highest BCUT2D eigenvalue weighted by Crippen LogP contribution is 2.37. The van der Waals surface area contributed by atoms with Crippen molar-refractivity contribution < 1.29 is 28.7 Å². The van der Waals surface area contributed by atoms with Crippen molar-refractivity contribution in [3.63, 3.8) is 0 Å². The third kappa shape index (κ3) is 4.20. The number of amides is 5. The zero-order chi connectivity index (χ0) is 25.3. The summed E-state index contributed by atoms with van der Waals surface area (Å²) in [4.78, 5) is 52.4. The largest absolute Gasteiger partial charge is 0.454 e. The zero-order valence-corrected chi connectivity index (χ0v) is 19.2. The van der Waals surface area contributed by atoms with Crippen molar-refractivity contribution in [3.8, 4) is 11.5 Å². The summed E-state index contributed by atoms with van der Waals surface area (Å²) in [6, 6.07) is 19.6. The number of fused-ring (bicyclic) bond motifs is 1. The summed E-state index contributed by atoms with van der Waals surface area (Å²) in [5.74, 6) is -0.616. The van der Waals surface area contributed by atoms with Crippen molar-refractivity contribution in [2.75, 3.05) is 24.0 Å². The van der Waals surface area contributed by atoms with Crippen molar-refractivity contribution in [2.45, 2.75) is 12.5 Å². The van der Waals surface area contributed by atoms with E-state index in [0.29, 0.717) is 22.7 Å². The Morgan fingerprint density at radius 3 is 2.47 bits per heavy atom. The van der Waals surface area contributed by atoms with Crippen molar-refractivity contribution >= 4 is 35.1 Å². The second-order valence-electron chi connectivity index (χ2n) is 8.43. The summed E-state index contributed by atoms with van der Waals surface area (Å²) >= 11 is 0. The number of anilines is 2. The molecule has 182 valence electrons. The number of imide groups is 1. The molecule has 3 aromatic carbocycles. The van der Waals surface area contributed by atoms with E-state index in [9.17, 15) is 19.2 Å². The van der Waals surface area contributed by atoms with Crippen LogP contribution in [-0.2, 0) is 15.1 Å². The van der Waals surface area contributed by atoms with Gasteiger partial charge in [0, 0.05) is 5.69 Å². The highest BCUT2D eigenvalue weighted by molar-refractivity contribution is 6.12. The predicted octanol–water partition coefficient (Wildman–Crippen LogP) is 3.07. The molecule has 0 bridgehead atoms. The predicted molar refractivity (Wildman–Crippen MR) is 130 cm³/mol. The van der Waals surface area contributed by atoms with Gasteiger partial charge in [-0.15, -0.1) is 0 Å². The Hall–Kier alpha value is -4.86. The minimum absolute atomic E-state index is 0.0763. The molecule has 10 nitrogen and oxygen atoms in total. The number of rotatable bonds is 6. The molecule has 0 radical (unpaired) electrons. The number of carbonyl (C=O) groups is 4. The Morgan fingerprint density at radius 2 is 1.67 bits per heavy atom. The van der Waals surface area contributed by atoms with Gasteiger partial charge in [0.15, 0.2) is 11.5 Å². The van der Waals surface area contributed by atoms with Crippen LogP contribution in [0, 0.1) is 0 Å². The van der Waals surface area contributed by atoms with Gasteiger partial charge in [-0.1, -0.05) is 36.4 Å². The van der Waals surface area contributed by atoms with Crippen molar-refractivity contribution in [1.29, 1.82) is 0 Å². The number of nitrogens with one attached hydrogen (secondary N) is 3. The van der Waals surface area contributed by atoms with Crippen molar-refractivity contribution in [3.05, 3.63) is 83.9 Å². The molecule has 5 amide bonds. The average molecular weight is 486 g/mol. The molecule has 0 aliphatic carbocycles. The van der Waals surface area contributed by atoms with Crippen LogP contribution < -0.4 is 25.4 Å². The molecule has 10 heteroatoms. The Bertz CT molecular complexity index is 1380. The van der Waals surface area contributed by atoms with Crippen LogP contribution in [0.15, 0.2) is 72.8 Å². The van der Waals surface area contributed by atoms with E-state index in [1.165, 1.54) is 0 Å². The maximum Gasteiger partial charge on any atom is 0.325 e. The number of urea groups is 1. The van der Waals surface area contributed by atoms with Crippen LogP contribution in [0.5, 0.6) is 11.5 Å². The third-order valence-corrected chi connectivity index (χ3v) is 6.00. The highest BCUT2D eigenvalue weighted by atomic mass is 16.7. The maximum atomic E-state index is 13.2. The lowest BCUT2D eigenvalue weighted by molar-refractivity contribution is -0.133. The van der Waals surface area contributed by atoms with Gasteiger partial charge in [-0.25, -0.2) is 4.79 Å². The van der Waals surface area contributed by atoms with E-state index in [1.807, 2.05) is 6.07 Å². The highest BCUT2D eigenvalue weighted by Gasteiger charge is 2.50. The number of carbonyl (C=O) groups excluding carboxylic acids is 4. The number of benzene rings is 3. The molecule has 5 rings (SSSR count). The van der Waals surface area contributed by atoms with E-state index in [4.69, 9.17) is 9.47 Å². The van der Waals surface area contributed by atoms with Crippen molar-refractivity contribution in [1.82, 2.24) is 10.2 Å². The smallest absolute Gasteiger partial charge is 0.325 e. The fourth-order valence-corrected chi connectivity index (χ4v) is 4.09. The molecule has 3 aromatic rings. The summed E-state index contributed by atoms with van der Waals surface area (Å²) in [7, 11) is 0. The molecule has 2 aliphatic rings. The van der Waals surface area contributed by atoms with E-state index in [-0.39, 0.29) is 18.0 Å². The molecule has 2 heterocycles. The summed E-state index contributed by atoms with van der Waals surface area (Å²) in [6.45, 7) is 1.11. The van der Waals surface area contributed by atoms with E-state index >= 15 is 0 Å². The standard InChI is InChI=1S/C26H22N4O6/c1-26(16-11-12-20-21(13-16)36-15-35-20)24(33)30(25(34)29-26)14-22(31)28-19-10-6-5-9-18(19)23(32)27-17-7-3-2-4-8-17/h2-13H,14-15H2,1H3,(H,27,32)(H,28,31)(H,29,34)/t26-/m0/s1. The molecular formula is C26H22N4O6. The van der Waals surface area contributed by atoms with Crippen LogP contribution in [0.25, 0.3) is 0 Å². The number of hydrogen-bond acceptors (Lipinski definition) is 6. The Kier molecular flexibility index (Phi) is 5.77. The van der Waals surface area contributed by atoms with Gasteiger partial charge in [-0.05, 0) is 48.9 Å². The second-order valence-corrected chi connectivity index (χ2v) is 8.43. The Balaban J connectivity index is 1.29. The van der Waals surface area contributed by atoms with Gasteiger partial charge in [0.05, 0.1) is 11.3 Å². The van der Waals surface area contributed by atoms with Gasteiger partial charge < -0.3 is 25.4 Å². The van der Waals surface area contributed by atoms with Crippen LogP contribution >= 0.6 is 0 Å². The topological polar surface area (TPSA) is 126 Å². The minimum atomic E-state index is -1.38. The first-order valence-corrected chi connectivity index (χ1v) is 11.1. The number of ether oxygens (including phenoxy) is 2. The van der Waals surface area contributed by atoms with Crippen LogP contribution in [0.2, 0.25) is 0 Å². The zero-order valence-electron chi connectivity index (χ0n) is 19.2. The fraction of sp³-hybridized carbons (Fsp3) is 0.154. The molecule has 1 saturated heterocycles. The SMILES string of the molecule is C[C@@]1(c2ccc3c(c2)OCO3)NC(=O)N(CC(=O)Nc2ccccc2C(=O)Nc2ccccc2)C1=O. The molecule has 0 saturated carbocycles. The van der Waals surface area contributed by atoms with Gasteiger partial charge in [0.25, 0.3) is 11.8 Å². The van der Waals surface area contributed by atoms with Crippen molar-refractivity contribution in [2.24, 2.45) is 0 Å². The molecule has 0 unspecified atom stereocenters. The summed E-state index contributed by atoms with van der Waals surface area (Å²) in [5, 5.41) is 8.06.